The van der Waals surface area contributed by atoms with E-state index in [4.69, 9.17) is 16.3 Å². The highest BCUT2D eigenvalue weighted by Crippen LogP contribution is 2.39. The second kappa shape index (κ2) is 8.72. The summed E-state index contributed by atoms with van der Waals surface area (Å²) in [5.41, 5.74) is 0.691. The van der Waals surface area contributed by atoms with E-state index in [9.17, 15) is 4.39 Å². The second-order valence-electron chi connectivity index (χ2n) is 5.84. The third-order valence-corrected chi connectivity index (χ3v) is 4.77. The third kappa shape index (κ3) is 4.67. The van der Waals surface area contributed by atoms with Crippen LogP contribution in [0.3, 0.4) is 0 Å². The lowest BCUT2D eigenvalue weighted by Gasteiger charge is -2.31. The van der Waals surface area contributed by atoms with Crippen molar-refractivity contribution in [2.75, 3.05) is 26.8 Å². The molecule has 118 valence electrons. The minimum Gasteiger partial charge on any atom is -0.383 e. The second-order valence-corrected chi connectivity index (χ2v) is 6.24. The average molecular weight is 314 g/mol. The molecule has 2 rings (SSSR count). The summed E-state index contributed by atoms with van der Waals surface area (Å²) in [4.78, 5) is 0. The van der Waals surface area contributed by atoms with Crippen molar-refractivity contribution in [3.63, 3.8) is 0 Å². The number of hydrogen-bond donors (Lipinski definition) is 1. The van der Waals surface area contributed by atoms with Crippen LogP contribution < -0.4 is 5.32 Å². The van der Waals surface area contributed by atoms with Gasteiger partial charge in [0.05, 0.1) is 6.61 Å². The molecule has 0 bridgehead atoms. The quantitative estimate of drug-likeness (QED) is 0.754. The van der Waals surface area contributed by atoms with Crippen LogP contribution in [-0.2, 0) is 4.74 Å². The molecule has 1 aromatic rings. The molecule has 0 heterocycles. The largest absolute Gasteiger partial charge is 0.383 e. The van der Waals surface area contributed by atoms with Crippen molar-refractivity contribution < 1.29 is 9.13 Å². The van der Waals surface area contributed by atoms with Gasteiger partial charge in [0.25, 0.3) is 0 Å². The first-order valence-corrected chi connectivity index (χ1v) is 8.25. The van der Waals surface area contributed by atoms with E-state index in [2.05, 4.69) is 5.32 Å². The monoisotopic (exact) mass is 313 g/mol. The van der Waals surface area contributed by atoms with E-state index in [-0.39, 0.29) is 11.7 Å². The first kappa shape index (κ1) is 16.7. The predicted molar refractivity (Wildman–Crippen MR) is 85.5 cm³/mol. The number of hydrogen-bond acceptors (Lipinski definition) is 2. The van der Waals surface area contributed by atoms with Gasteiger partial charge in [0, 0.05) is 36.7 Å². The number of halogens is 2. The van der Waals surface area contributed by atoms with Crippen LogP contribution in [0.4, 0.5) is 4.39 Å². The molecule has 1 aliphatic carbocycles. The lowest BCUT2D eigenvalue weighted by molar-refractivity contribution is 0.196. The van der Waals surface area contributed by atoms with E-state index in [0.717, 1.165) is 13.1 Å². The number of rotatable bonds is 7. The van der Waals surface area contributed by atoms with E-state index in [1.54, 1.807) is 19.2 Å². The van der Waals surface area contributed by atoms with Crippen LogP contribution in [-0.4, -0.2) is 26.8 Å². The van der Waals surface area contributed by atoms with E-state index in [0.29, 0.717) is 23.1 Å². The summed E-state index contributed by atoms with van der Waals surface area (Å²) in [7, 11) is 1.69. The molecule has 21 heavy (non-hydrogen) atoms. The van der Waals surface area contributed by atoms with Crippen molar-refractivity contribution >= 4 is 11.6 Å². The fourth-order valence-electron chi connectivity index (χ4n) is 3.34. The Balaban J connectivity index is 2.13. The van der Waals surface area contributed by atoms with Crippen molar-refractivity contribution in [2.45, 2.75) is 38.0 Å². The predicted octanol–water partition coefficient (Wildman–Crippen LogP) is 4.38. The zero-order chi connectivity index (χ0) is 15.1. The molecular formula is C17H25ClFNO. The molecule has 0 spiro atoms. The molecule has 1 fully saturated rings. The number of ether oxygens (including phenoxy) is 1. The summed E-state index contributed by atoms with van der Waals surface area (Å²) >= 11 is 6.29. The number of methoxy groups -OCH3 is 1. The molecule has 0 radical (unpaired) electrons. The van der Waals surface area contributed by atoms with Gasteiger partial charge in [-0.3, -0.25) is 0 Å². The highest BCUT2D eigenvalue weighted by Gasteiger charge is 2.28. The van der Waals surface area contributed by atoms with Crippen LogP contribution in [0.5, 0.6) is 0 Å². The maximum Gasteiger partial charge on any atom is 0.128 e. The van der Waals surface area contributed by atoms with Gasteiger partial charge in [-0.05, 0) is 30.9 Å². The lowest BCUT2D eigenvalue weighted by atomic mass is 9.76. The van der Waals surface area contributed by atoms with E-state index in [1.807, 2.05) is 0 Å². The molecule has 1 N–H and O–H groups in total. The average Bonchev–Trinajstić information content (AvgIpc) is 2.50. The Hall–Kier alpha value is -0.640. The first-order chi connectivity index (χ1) is 10.2. The van der Waals surface area contributed by atoms with Crippen LogP contribution in [0, 0.1) is 11.7 Å². The zero-order valence-corrected chi connectivity index (χ0v) is 13.5. The van der Waals surface area contributed by atoms with Gasteiger partial charge in [-0.25, -0.2) is 4.39 Å². The standard InChI is InChI=1S/C17H25ClFNO/c1-21-11-10-20-12-14(13-6-3-2-4-7-13)17-15(18)8-5-9-16(17)19/h5,8-9,13-14,20H,2-4,6-7,10-12H2,1H3. The normalized spacial score (nSPS) is 17.9. The lowest BCUT2D eigenvalue weighted by Crippen LogP contribution is -2.30. The highest BCUT2D eigenvalue weighted by atomic mass is 35.5. The summed E-state index contributed by atoms with van der Waals surface area (Å²) < 4.78 is 19.4. The van der Waals surface area contributed by atoms with Gasteiger partial charge >= 0.3 is 0 Å². The third-order valence-electron chi connectivity index (χ3n) is 4.44. The van der Waals surface area contributed by atoms with Crippen molar-refractivity contribution in [3.8, 4) is 0 Å². The fraction of sp³-hybridized carbons (Fsp3) is 0.647. The SMILES string of the molecule is COCCNCC(c1c(F)cccc1Cl)C1CCCCC1. The Morgan fingerprint density at radius 3 is 2.76 bits per heavy atom. The van der Waals surface area contributed by atoms with E-state index in [1.165, 1.54) is 38.2 Å². The summed E-state index contributed by atoms with van der Waals surface area (Å²) in [6.07, 6.45) is 6.12. The Morgan fingerprint density at radius 1 is 1.33 bits per heavy atom. The van der Waals surface area contributed by atoms with Gasteiger partial charge in [-0.1, -0.05) is 36.9 Å². The van der Waals surface area contributed by atoms with Gasteiger partial charge < -0.3 is 10.1 Å². The molecule has 1 saturated carbocycles. The van der Waals surface area contributed by atoms with Crippen LogP contribution >= 0.6 is 11.6 Å². The maximum atomic E-state index is 14.3. The molecule has 1 aromatic carbocycles. The minimum absolute atomic E-state index is 0.149. The van der Waals surface area contributed by atoms with Crippen molar-refractivity contribution in [2.24, 2.45) is 5.92 Å². The molecular weight excluding hydrogens is 289 g/mol. The van der Waals surface area contributed by atoms with Gasteiger partial charge in [0.2, 0.25) is 0 Å². The molecule has 0 aliphatic heterocycles. The van der Waals surface area contributed by atoms with E-state index < -0.39 is 0 Å². The number of benzene rings is 1. The van der Waals surface area contributed by atoms with Crippen molar-refractivity contribution in [3.05, 3.63) is 34.6 Å². The number of nitrogens with one attached hydrogen (secondary N) is 1. The van der Waals surface area contributed by atoms with E-state index >= 15 is 0 Å². The maximum absolute atomic E-state index is 14.3. The topological polar surface area (TPSA) is 21.3 Å². The van der Waals surface area contributed by atoms with Crippen LogP contribution in [0.2, 0.25) is 5.02 Å². The van der Waals surface area contributed by atoms with Crippen molar-refractivity contribution in [1.29, 1.82) is 0 Å². The molecule has 2 nitrogen and oxygen atoms in total. The summed E-state index contributed by atoms with van der Waals surface area (Å²) in [5.74, 6) is 0.491. The van der Waals surface area contributed by atoms with Crippen molar-refractivity contribution in [1.82, 2.24) is 5.32 Å². The van der Waals surface area contributed by atoms with Gasteiger partial charge in [0.1, 0.15) is 5.82 Å². The Kier molecular flexibility index (Phi) is 6.94. The highest BCUT2D eigenvalue weighted by molar-refractivity contribution is 6.31. The van der Waals surface area contributed by atoms with Gasteiger partial charge in [0.15, 0.2) is 0 Å². The first-order valence-electron chi connectivity index (χ1n) is 7.87. The molecule has 4 heteroatoms. The zero-order valence-electron chi connectivity index (χ0n) is 12.7. The molecule has 1 unspecified atom stereocenters. The van der Waals surface area contributed by atoms with Gasteiger partial charge in [-0.15, -0.1) is 0 Å². The van der Waals surface area contributed by atoms with Crippen LogP contribution in [0.15, 0.2) is 18.2 Å². The Bertz CT molecular complexity index is 415. The molecule has 0 aromatic heterocycles. The Labute approximate surface area is 132 Å². The summed E-state index contributed by atoms with van der Waals surface area (Å²) in [6.45, 7) is 2.21. The fourth-order valence-corrected chi connectivity index (χ4v) is 3.64. The smallest absolute Gasteiger partial charge is 0.128 e. The van der Waals surface area contributed by atoms with Crippen LogP contribution in [0.25, 0.3) is 0 Å². The summed E-state index contributed by atoms with van der Waals surface area (Å²) in [5, 5.41) is 3.94. The van der Waals surface area contributed by atoms with Gasteiger partial charge in [-0.2, -0.15) is 0 Å². The Morgan fingerprint density at radius 2 is 2.10 bits per heavy atom. The van der Waals surface area contributed by atoms with Crippen LogP contribution in [0.1, 0.15) is 43.6 Å². The molecule has 1 atom stereocenters. The minimum atomic E-state index is -0.174. The molecule has 1 aliphatic rings. The molecule has 0 amide bonds. The summed E-state index contributed by atoms with van der Waals surface area (Å²) in [6, 6.07) is 4.99. The molecule has 0 saturated heterocycles.